The summed E-state index contributed by atoms with van der Waals surface area (Å²) in [5, 5.41) is 7.78. The Morgan fingerprint density at radius 2 is 2.13 bits per heavy atom. The molecule has 1 N–H and O–H groups in total. The summed E-state index contributed by atoms with van der Waals surface area (Å²) < 4.78 is 0. The molecule has 0 aromatic carbocycles. The van der Waals surface area contributed by atoms with E-state index >= 15 is 0 Å². The highest BCUT2D eigenvalue weighted by Gasteiger charge is 2.15. The van der Waals surface area contributed by atoms with Gasteiger partial charge in [0.2, 0.25) is 0 Å². The summed E-state index contributed by atoms with van der Waals surface area (Å²) in [4.78, 5) is 11.2. The van der Waals surface area contributed by atoms with E-state index in [2.05, 4.69) is 55.2 Å². The van der Waals surface area contributed by atoms with Gasteiger partial charge < -0.3 is 5.32 Å². The molecular weight excluding hydrogens is 304 g/mol. The van der Waals surface area contributed by atoms with Crippen molar-refractivity contribution in [2.75, 3.05) is 18.4 Å². The monoisotopic (exact) mass is 322 g/mol. The number of aromatic nitrogens is 2. The fraction of sp³-hybridized carbons (Fsp3) is 0.222. The molecule has 4 heterocycles. The molecule has 116 valence electrons. The average molecular weight is 322 g/mol. The average Bonchev–Trinajstić information content (AvgIpc) is 3.04. The van der Waals surface area contributed by atoms with Gasteiger partial charge in [0.05, 0.1) is 5.69 Å². The van der Waals surface area contributed by atoms with Crippen LogP contribution in [0.2, 0.25) is 0 Å². The van der Waals surface area contributed by atoms with Crippen LogP contribution in [0, 0.1) is 0 Å². The topological polar surface area (TPSA) is 41.0 Å². The molecule has 1 aliphatic rings. The quantitative estimate of drug-likeness (QED) is 0.799. The normalized spacial score (nSPS) is 14.8. The van der Waals surface area contributed by atoms with Gasteiger partial charge in [-0.2, -0.15) is 11.3 Å². The second-order valence-electron chi connectivity index (χ2n) is 5.73. The molecule has 0 fully saturated rings. The van der Waals surface area contributed by atoms with Crippen LogP contribution in [-0.4, -0.2) is 28.0 Å². The zero-order valence-corrected chi connectivity index (χ0v) is 13.6. The number of pyridine rings is 2. The van der Waals surface area contributed by atoms with E-state index in [0.29, 0.717) is 0 Å². The van der Waals surface area contributed by atoms with Crippen LogP contribution in [0.5, 0.6) is 0 Å². The van der Waals surface area contributed by atoms with E-state index in [-0.39, 0.29) is 0 Å². The predicted molar refractivity (Wildman–Crippen MR) is 94.4 cm³/mol. The van der Waals surface area contributed by atoms with Crippen LogP contribution in [0.1, 0.15) is 11.1 Å². The molecule has 0 spiro atoms. The highest BCUT2D eigenvalue weighted by molar-refractivity contribution is 7.08. The van der Waals surface area contributed by atoms with Crippen LogP contribution in [-0.2, 0) is 13.1 Å². The van der Waals surface area contributed by atoms with E-state index in [1.807, 2.05) is 18.6 Å². The standard InChI is InChI=1S/C18H18N4S/c1-4-19-5-2-14(1)11-22-7-6-20-18-9-17(15-3-8-23-13-15)21-10-16(18)12-22/h1-5,8-10,13,20H,6-7,11-12H2. The largest absolute Gasteiger partial charge is 0.383 e. The molecule has 0 unspecified atom stereocenters. The molecule has 0 aliphatic carbocycles. The lowest BCUT2D eigenvalue weighted by Crippen LogP contribution is -2.25. The van der Waals surface area contributed by atoms with Crippen LogP contribution in [0.3, 0.4) is 0 Å². The molecule has 4 rings (SSSR count). The molecule has 5 heteroatoms. The highest BCUT2D eigenvalue weighted by Crippen LogP contribution is 2.27. The second kappa shape index (κ2) is 6.48. The Labute approximate surface area is 139 Å². The third kappa shape index (κ3) is 3.25. The van der Waals surface area contributed by atoms with Gasteiger partial charge in [-0.15, -0.1) is 0 Å². The number of nitrogens with one attached hydrogen (secondary N) is 1. The third-order valence-electron chi connectivity index (χ3n) is 4.10. The number of nitrogens with zero attached hydrogens (tertiary/aromatic N) is 3. The first-order chi connectivity index (χ1) is 11.4. The Kier molecular flexibility index (Phi) is 4.05. The molecule has 3 aromatic rings. The summed E-state index contributed by atoms with van der Waals surface area (Å²) in [6.07, 6.45) is 5.72. The lowest BCUT2D eigenvalue weighted by Gasteiger charge is -2.19. The smallest absolute Gasteiger partial charge is 0.0731 e. The minimum atomic E-state index is 0.918. The summed E-state index contributed by atoms with van der Waals surface area (Å²) in [6, 6.07) is 8.45. The Morgan fingerprint density at radius 1 is 1.22 bits per heavy atom. The van der Waals surface area contributed by atoms with Crippen molar-refractivity contribution in [1.29, 1.82) is 0 Å². The van der Waals surface area contributed by atoms with Crippen molar-refractivity contribution >= 4 is 17.0 Å². The fourth-order valence-electron chi connectivity index (χ4n) is 2.89. The Morgan fingerprint density at radius 3 is 2.96 bits per heavy atom. The van der Waals surface area contributed by atoms with Crippen LogP contribution in [0.4, 0.5) is 5.69 Å². The molecule has 23 heavy (non-hydrogen) atoms. The molecule has 1 aliphatic heterocycles. The van der Waals surface area contributed by atoms with Crippen LogP contribution in [0.15, 0.2) is 53.6 Å². The van der Waals surface area contributed by atoms with Gasteiger partial charge in [0.25, 0.3) is 0 Å². The van der Waals surface area contributed by atoms with Crippen molar-refractivity contribution in [3.63, 3.8) is 0 Å². The minimum absolute atomic E-state index is 0.918. The molecule has 4 nitrogen and oxygen atoms in total. The van der Waals surface area contributed by atoms with Gasteiger partial charge in [-0.3, -0.25) is 14.9 Å². The zero-order valence-electron chi connectivity index (χ0n) is 12.8. The molecule has 0 bridgehead atoms. The van der Waals surface area contributed by atoms with Crippen molar-refractivity contribution in [2.24, 2.45) is 0 Å². The van der Waals surface area contributed by atoms with E-state index in [1.165, 1.54) is 22.4 Å². The first kappa shape index (κ1) is 14.4. The van der Waals surface area contributed by atoms with Gasteiger partial charge in [-0.25, -0.2) is 0 Å². The second-order valence-corrected chi connectivity index (χ2v) is 6.51. The maximum atomic E-state index is 4.65. The number of anilines is 1. The Bertz CT molecular complexity index is 771. The molecule has 0 saturated carbocycles. The van der Waals surface area contributed by atoms with E-state index < -0.39 is 0 Å². The predicted octanol–water partition coefficient (Wildman–Crippen LogP) is 3.63. The summed E-state index contributed by atoms with van der Waals surface area (Å²) in [5.41, 5.74) is 6.00. The van der Waals surface area contributed by atoms with Gasteiger partial charge >= 0.3 is 0 Å². The summed E-state index contributed by atoms with van der Waals surface area (Å²) in [5.74, 6) is 0. The highest BCUT2D eigenvalue weighted by atomic mass is 32.1. The maximum Gasteiger partial charge on any atom is 0.0731 e. The van der Waals surface area contributed by atoms with E-state index in [9.17, 15) is 0 Å². The number of fused-ring (bicyclic) bond motifs is 1. The first-order valence-electron chi connectivity index (χ1n) is 7.75. The molecule has 0 amide bonds. The van der Waals surface area contributed by atoms with E-state index in [1.54, 1.807) is 11.3 Å². The SMILES string of the molecule is c1cc(CN2CCNc3cc(-c4ccsc4)ncc3C2)ccn1. The number of rotatable bonds is 3. The number of hydrogen-bond donors (Lipinski definition) is 1. The molecule has 0 saturated heterocycles. The third-order valence-corrected chi connectivity index (χ3v) is 4.78. The van der Waals surface area contributed by atoms with E-state index in [4.69, 9.17) is 0 Å². The van der Waals surface area contributed by atoms with Crippen molar-refractivity contribution in [3.8, 4) is 11.3 Å². The van der Waals surface area contributed by atoms with Crippen LogP contribution < -0.4 is 5.32 Å². The number of thiophene rings is 1. The Balaban J connectivity index is 1.55. The lowest BCUT2D eigenvalue weighted by atomic mass is 10.1. The van der Waals surface area contributed by atoms with Crippen molar-refractivity contribution in [1.82, 2.24) is 14.9 Å². The number of hydrogen-bond acceptors (Lipinski definition) is 5. The van der Waals surface area contributed by atoms with Gasteiger partial charge in [0.15, 0.2) is 0 Å². The summed E-state index contributed by atoms with van der Waals surface area (Å²) in [6.45, 7) is 3.83. The molecule has 0 atom stereocenters. The van der Waals surface area contributed by atoms with Gasteiger partial charge in [0, 0.05) is 67.0 Å². The van der Waals surface area contributed by atoms with Crippen molar-refractivity contribution in [3.05, 3.63) is 64.7 Å². The summed E-state index contributed by atoms with van der Waals surface area (Å²) >= 11 is 1.70. The summed E-state index contributed by atoms with van der Waals surface area (Å²) in [7, 11) is 0. The first-order valence-corrected chi connectivity index (χ1v) is 8.69. The molecule has 3 aromatic heterocycles. The van der Waals surface area contributed by atoms with Crippen LogP contribution >= 0.6 is 11.3 Å². The lowest BCUT2D eigenvalue weighted by molar-refractivity contribution is 0.271. The Hall–Kier alpha value is -2.24. The maximum absolute atomic E-state index is 4.65. The van der Waals surface area contributed by atoms with Crippen LogP contribution in [0.25, 0.3) is 11.3 Å². The van der Waals surface area contributed by atoms with Gasteiger partial charge in [-0.05, 0) is 35.2 Å². The van der Waals surface area contributed by atoms with Gasteiger partial charge in [0.1, 0.15) is 0 Å². The fourth-order valence-corrected chi connectivity index (χ4v) is 3.54. The molecule has 0 radical (unpaired) electrons. The minimum Gasteiger partial charge on any atom is -0.383 e. The van der Waals surface area contributed by atoms with E-state index in [0.717, 1.165) is 31.9 Å². The molecular formula is C18H18N4S. The van der Waals surface area contributed by atoms with Crippen molar-refractivity contribution in [2.45, 2.75) is 13.1 Å². The van der Waals surface area contributed by atoms with Crippen molar-refractivity contribution < 1.29 is 0 Å². The zero-order chi connectivity index (χ0) is 15.5. The van der Waals surface area contributed by atoms with Gasteiger partial charge in [-0.1, -0.05) is 0 Å².